The summed E-state index contributed by atoms with van der Waals surface area (Å²) in [6.07, 6.45) is 1.06. The van der Waals surface area contributed by atoms with Crippen molar-refractivity contribution in [2.45, 2.75) is 25.1 Å². The Morgan fingerprint density at radius 3 is 2.02 bits per heavy atom. The van der Waals surface area contributed by atoms with Crippen molar-refractivity contribution in [2.75, 3.05) is 36.5 Å². The third-order valence-corrected chi connectivity index (χ3v) is 11.3. The number of nitrogens with one attached hydrogen (secondary N) is 1. The number of aromatic nitrogens is 1. The Kier molecular flexibility index (Phi) is 10.4. The zero-order chi connectivity index (χ0) is 41.2. The predicted molar refractivity (Wildman–Crippen MR) is 232 cm³/mol. The Morgan fingerprint density at radius 1 is 0.733 bits per heavy atom. The summed E-state index contributed by atoms with van der Waals surface area (Å²) in [6, 6.07) is 47.6. The quantitative estimate of drug-likeness (QED) is 0.135. The molecule has 3 amide bonds. The summed E-state index contributed by atoms with van der Waals surface area (Å²) in [4.78, 5) is 47.7. The highest BCUT2D eigenvalue weighted by Crippen LogP contribution is 2.40. The molecule has 6 aromatic carbocycles. The second-order valence-corrected chi connectivity index (χ2v) is 15.0. The average molecular weight is 798 g/mol. The number of benzene rings is 6. The van der Waals surface area contributed by atoms with Gasteiger partial charge in [0.2, 0.25) is 0 Å². The van der Waals surface area contributed by atoms with E-state index in [-0.39, 0.29) is 31.0 Å². The van der Waals surface area contributed by atoms with Gasteiger partial charge in [0.05, 0.1) is 54.3 Å². The first-order valence-corrected chi connectivity index (χ1v) is 19.9. The molecule has 11 nitrogen and oxygen atoms in total. The third-order valence-electron chi connectivity index (χ3n) is 11.3. The van der Waals surface area contributed by atoms with Gasteiger partial charge in [-0.15, -0.1) is 0 Å². The molecule has 1 fully saturated rings. The number of carbonyl (C=O) groups excluding carboxylic acids is 2. The molecule has 11 heteroatoms. The van der Waals surface area contributed by atoms with Crippen molar-refractivity contribution in [2.24, 2.45) is 0 Å². The van der Waals surface area contributed by atoms with Gasteiger partial charge in [-0.1, -0.05) is 97.1 Å². The van der Waals surface area contributed by atoms with Crippen LogP contribution in [0.5, 0.6) is 11.5 Å². The molecule has 300 valence electrons. The van der Waals surface area contributed by atoms with Gasteiger partial charge in [0.1, 0.15) is 17.6 Å². The Balaban J connectivity index is 1.18. The maximum absolute atomic E-state index is 15.4. The molecule has 2 aliphatic heterocycles. The van der Waals surface area contributed by atoms with Crippen LogP contribution in [0.3, 0.4) is 0 Å². The molecule has 1 aromatic heterocycles. The molecule has 1 atom stereocenters. The lowest BCUT2D eigenvalue weighted by atomic mass is 9.93. The topological polar surface area (TPSA) is 117 Å². The van der Waals surface area contributed by atoms with E-state index in [1.165, 1.54) is 0 Å². The maximum atomic E-state index is 15.4. The number of rotatable bonds is 11. The molecule has 7 aromatic rings. The number of carbonyl (C=O) groups is 3. The highest BCUT2D eigenvalue weighted by molar-refractivity contribution is 6.17. The van der Waals surface area contributed by atoms with E-state index in [1.54, 1.807) is 23.1 Å². The van der Waals surface area contributed by atoms with Gasteiger partial charge >= 0.3 is 6.09 Å². The van der Waals surface area contributed by atoms with Crippen molar-refractivity contribution < 1.29 is 29.0 Å². The van der Waals surface area contributed by atoms with Crippen LogP contribution in [0.4, 0.5) is 21.9 Å². The fraction of sp³-hybridized carbons (Fsp3) is 0.163. The largest absolute Gasteiger partial charge is 0.495 e. The summed E-state index contributed by atoms with van der Waals surface area (Å²) in [5.74, 6) is 0.818. The number of methoxy groups -OCH3 is 1. The minimum absolute atomic E-state index is 0.0539. The molecule has 2 N–H and O–H groups in total. The zero-order valence-corrected chi connectivity index (χ0v) is 33.0. The minimum Gasteiger partial charge on any atom is -0.495 e. The molecule has 0 aliphatic carbocycles. The van der Waals surface area contributed by atoms with E-state index >= 15 is 4.79 Å². The molecule has 60 heavy (non-hydrogen) atoms. The van der Waals surface area contributed by atoms with Gasteiger partial charge in [0, 0.05) is 42.1 Å². The third kappa shape index (κ3) is 7.37. The van der Waals surface area contributed by atoms with Gasteiger partial charge in [-0.3, -0.25) is 14.5 Å². The molecule has 0 unspecified atom stereocenters. The second-order valence-electron chi connectivity index (χ2n) is 15.0. The van der Waals surface area contributed by atoms with Gasteiger partial charge in [0.15, 0.2) is 0 Å². The second kappa shape index (κ2) is 16.4. The molecular weight excluding hydrogens is 755 g/mol. The standard InChI is InChI=1S/C49H43N5O6/c1-59-46-27-44(53-32-42(40-23-13-14-24-43(40)53)48(56)54(35-17-5-2-6-18-35)36-19-7-3-8-20-36)41(26-45(46)51-30-39(31-51)60-38-21-9-4-10-22-38)47(55)52-29-34-16-12-11-15-33(34)25-37(52)28-50-49(57)58/h2-24,26-27,32,37,39,50H,25,28-31H2,1H3,(H,57,58)/t37-/m0/s1. The molecule has 9 rings (SSSR count). The van der Waals surface area contributed by atoms with Gasteiger partial charge in [-0.25, -0.2) is 4.79 Å². The Hall–Kier alpha value is -7.53. The highest BCUT2D eigenvalue weighted by atomic mass is 16.5. The van der Waals surface area contributed by atoms with Crippen molar-refractivity contribution in [3.05, 3.63) is 180 Å². The maximum Gasteiger partial charge on any atom is 0.404 e. The predicted octanol–water partition coefficient (Wildman–Crippen LogP) is 8.72. The molecule has 1 saturated heterocycles. The first-order chi connectivity index (χ1) is 29.4. The van der Waals surface area contributed by atoms with Gasteiger partial charge in [-0.2, -0.15) is 0 Å². The van der Waals surface area contributed by atoms with Gasteiger partial charge in [-0.05, 0) is 66.1 Å². The average Bonchev–Trinajstić information content (AvgIpc) is 3.66. The first kappa shape index (κ1) is 38.0. The van der Waals surface area contributed by atoms with E-state index in [4.69, 9.17) is 9.47 Å². The number of hydrogen-bond donors (Lipinski definition) is 2. The van der Waals surface area contributed by atoms with E-state index < -0.39 is 12.1 Å². The monoisotopic (exact) mass is 797 g/mol. The normalized spacial score (nSPS) is 14.8. The van der Waals surface area contributed by atoms with Gasteiger partial charge in [0.25, 0.3) is 11.8 Å². The smallest absolute Gasteiger partial charge is 0.404 e. The molecule has 2 aliphatic rings. The van der Waals surface area contributed by atoms with E-state index in [0.29, 0.717) is 58.8 Å². The van der Waals surface area contributed by atoms with Crippen LogP contribution < -0.4 is 24.6 Å². The summed E-state index contributed by atoms with van der Waals surface area (Å²) in [7, 11) is 1.61. The molecule has 3 heterocycles. The van der Waals surface area contributed by atoms with E-state index in [9.17, 15) is 14.7 Å². The van der Waals surface area contributed by atoms with Crippen LogP contribution in [0.25, 0.3) is 16.6 Å². The molecule has 0 radical (unpaired) electrons. The number of para-hydroxylation sites is 4. The van der Waals surface area contributed by atoms with Crippen molar-refractivity contribution in [1.82, 2.24) is 14.8 Å². The van der Waals surface area contributed by atoms with Crippen LogP contribution in [-0.4, -0.2) is 71.4 Å². The van der Waals surface area contributed by atoms with Crippen LogP contribution in [0, 0.1) is 0 Å². The summed E-state index contributed by atoms with van der Waals surface area (Å²) >= 11 is 0. The lowest BCUT2D eigenvalue weighted by molar-refractivity contribution is 0.0636. The number of hydrogen-bond acceptors (Lipinski definition) is 6. The SMILES string of the molecule is COc1cc(-n2cc(C(=O)N(c3ccccc3)c3ccccc3)c3ccccc32)c(C(=O)N2Cc3ccccc3C[C@H]2CNC(=O)O)cc1N1CC(Oc2ccccc2)C1. The molecular formula is C49H43N5O6. The molecule has 0 saturated carbocycles. The Bertz CT molecular complexity index is 2640. The number of carboxylic acid groups (broad SMARTS) is 1. The number of nitrogens with zero attached hydrogens (tertiary/aromatic N) is 4. The number of anilines is 3. The number of amides is 3. The van der Waals surface area contributed by atoms with Crippen molar-refractivity contribution in [1.29, 1.82) is 0 Å². The molecule has 0 bridgehead atoms. The van der Waals surface area contributed by atoms with Crippen LogP contribution in [-0.2, 0) is 13.0 Å². The zero-order valence-electron chi connectivity index (χ0n) is 33.0. The fourth-order valence-corrected chi connectivity index (χ4v) is 8.31. The van der Waals surface area contributed by atoms with Crippen molar-refractivity contribution >= 4 is 45.9 Å². The number of ether oxygens (including phenoxy) is 2. The number of fused-ring (bicyclic) bond motifs is 2. The molecule has 0 spiro atoms. The lowest BCUT2D eigenvalue weighted by Gasteiger charge is -2.42. The summed E-state index contributed by atoms with van der Waals surface area (Å²) < 4.78 is 14.2. The van der Waals surface area contributed by atoms with Crippen LogP contribution >= 0.6 is 0 Å². The van der Waals surface area contributed by atoms with E-state index in [1.807, 2.05) is 156 Å². The van der Waals surface area contributed by atoms with Crippen LogP contribution in [0.1, 0.15) is 31.8 Å². The summed E-state index contributed by atoms with van der Waals surface area (Å²) in [5.41, 5.74) is 6.27. The Morgan fingerprint density at radius 2 is 1.35 bits per heavy atom. The fourth-order valence-electron chi connectivity index (χ4n) is 8.31. The van der Waals surface area contributed by atoms with Crippen LogP contribution in [0.2, 0.25) is 0 Å². The van der Waals surface area contributed by atoms with Crippen LogP contribution in [0.15, 0.2) is 158 Å². The highest BCUT2D eigenvalue weighted by Gasteiger charge is 2.36. The van der Waals surface area contributed by atoms with Gasteiger partial charge < -0.3 is 34.3 Å². The van der Waals surface area contributed by atoms with Crippen molar-refractivity contribution in [3.8, 4) is 17.2 Å². The summed E-state index contributed by atoms with van der Waals surface area (Å²) in [6.45, 7) is 1.48. The Labute approximate surface area is 347 Å². The van der Waals surface area contributed by atoms with Crippen molar-refractivity contribution in [3.63, 3.8) is 0 Å². The summed E-state index contributed by atoms with van der Waals surface area (Å²) in [5, 5.41) is 12.9. The lowest BCUT2D eigenvalue weighted by Crippen LogP contribution is -2.54. The minimum atomic E-state index is -1.16. The first-order valence-electron chi connectivity index (χ1n) is 19.9. The van der Waals surface area contributed by atoms with E-state index in [0.717, 1.165) is 28.1 Å². The van der Waals surface area contributed by atoms with E-state index in [2.05, 4.69) is 10.2 Å².